The van der Waals surface area contributed by atoms with Gasteiger partial charge >= 0.3 is 0 Å². The molecule has 2 aliphatic rings. The van der Waals surface area contributed by atoms with Crippen molar-refractivity contribution >= 4 is 17.6 Å². The molecule has 2 fully saturated rings. The average Bonchev–Trinajstić information content (AvgIpc) is 2.92. The highest BCUT2D eigenvalue weighted by molar-refractivity contribution is 5.98. The molecule has 2 saturated heterocycles. The molecule has 6 heteroatoms. The molecule has 2 aliphatic heterocycles. The zero-order chi connectivity index (χ0) is 24.8. The molecule has 0 bridgehead atoms. The molecule has 35 heavy (non-hydrogen) atoms. The molecule has 0 radical (unpaired) electrons. The predicted octanol–water partition coefficient (Wildman–Crippen LogP) is 4.90. The van der Waals surface area contributed by atoms with Gasteiger partial charge in [0.05, 0.1) is 19.1 Å². The summed E-state index contributed by atoms with van der Waals surface area (Å²) in [5.74, 6) is 0.686. The number of piperidine rings is 2. The average molecular weight is 477 g/mol. The number of Topliss-reactive ketones (excluding diaryl/α,β-unsaturated/α-hetero) is 1. The Morgan fingerprint density at radius 1 is 0.971 bits per heavy atom. The first kappa shape index (κ1) is 25.0. The van der Waals surface area contributed by atoms with E-state index in [2.05, 4.69) is 6.92 Å². The highest BCUT2D eigenvalue weighted by Crippen LogP contribution is 2.42. The summed E-state index contributed by atoms with van der Waals surface area (Å²) in [4.78, 5) is 43.6. The summed E-state index contributed by atoms with van der Waals surface area (Å²) >= 11 is 0. The summed E-state index contributed by atoms with van der Waals surface area (Å²) in [6.45, 7) is 3.88. The van der Waals surface area contributed by atoms with E-state index < -0.39 is 0 Å². The van der Waals surface area contributed by atoms with Crippen molar-refractivity contribution in [2.75, 3.05) is 26.7 Å². The Morgan fingerprint density at radius 3 is 2.34 bits per heavy atom. The van der Waals surface area contributed by atoms with Crippen LogP contribution in [0.3, 0.4) is 0 Å². The normalized spacial score (nSPS) is 21.1. The molecule has 2 unspecified atom stereocenters. The Hall–Kier alpha value is -3.15. The molecule has 2 amide bonds. The number of methoxy groups -OCH3 is 1. The number of nitrogens with zero attached hydrogens (tertiary/aromatic N) is 2. The third kappa shape index (κ3) is 5.42. The molecule has 0 spiro atoms. The number of carbonyl (C=O) groups is 3. The van der Waals surface area contributed by atoms with Gasteiger partial charge in [-0.3, -0.25) is 14.4 Å². The van der Waals surface area contributed by atoms with Gasteiger partial charge in [-0.25, -0.2) is 0 Å². The molecule has 6 nitrogen and oxygen atoms in total. The maximum Gasteiger partial charge on any atom is 0.228 e. The van der Waals surface area contributed by atoms with Gasteiger partial charge in [-0.15, -0.1) is 0 Å². The summed E-state index contributed by atoms with van der Waals surface area (Å²) < 4.78 is 5.64. The molecule has 0 N–H and O–H groups in total. The lowest BCUT2D eigenvalue weighted by atomic mass is 9.81. The van der Waals surface area contributed by atoms with Gasteiger partial charge in [0.25, 0.3) is 0 Å². The number of rotatable bonds is 8. The molecule has 0 aliphatic carbocycles. The molecular weight excluding hydrogens is 440 g/mol. The zero-order valence-corrected chi connectivity index (χ0v) is 20.8. The maximum atomic E-state index is 13.9. The van der Waals surface area contributed by atoms with Crippen LogP contribution in [0.4, 0.5) is 0 Å². The number of unbranched alkanes of at least 4 members (excludes halogenated alkanes) is 1. The number of ether oxygens (including phenoxy) is 1. The van der Waals surface area contributed by atoms with Crippen molar-refractivity contribution in [1.29, 1.82) is 0 Å². The molecule has 186 valence electrons. The first-order valence-electron chi connectivity index (χ1n) is 12.9. The Kier molecular flexibility index (Phi) is 8.21. The van der Waals surface area contributed by atoms with E-state index in [1.54, 1.807) is 7.11 Å². The number of benzene rings is 2. The van der Waals surface area contributed by atoms with Gasteiger partial charge in [0.1, 0.15) is 5.75 Å². The lowest BCUT2D eigenvalue weighted by Crippen LogP contribution is -2.51. The van der Waals surface area contributed by atoms with Crippen molar-refractivity contribution in [3.05, 3.63) is 65.7 Å². The second-order valence-corrected chi connectivity index (χ2v) is 9.60. The Morgan fingerprint density at radius 2 is 1.66 bits per heavy atom. The summed E-state index contributed by atoms with van der Waals surface area (Å²) in [5.41, 5.74) is 1.64. The number of ketones is 1. The largest absolute Gasteiger partial charge is 0.496 e. The van der Waals surface area contributed by atoms with Crippen LogP contribution in [0.5, 0.6) is 5.75 Å². The van der Waals surface area contributed by atoms with Crippen molar-refractivity contribution in [2.24, 2.45) is 11.8 Å². The van der Waals surface area contributed by atoms with Crippen molar-refractivity contribution in [2.45, 2.75) is 51.5 Å². The van der Waals surface area contributed by atoms with E-state index >= 15 is 0 Å². The molecule has 2 aromatic rings. The quantitative estimate of drug-likeness (QED) is 0.509. The van der Waals surface area contributed by atoms with Gasteiger partial charge in [-0.2, -0.15) is 0 Å². The molecule has 2 atom stereocenters. The molecule has 0 aromatic heterocycles. The van der Waals surface area contributed by atoms with Crippen molar-refractivity contribution < 1.29 is 19.1 Å². The smallest absolute Gasteiger partial charge is 0.228 e. The Balaban J connectivity index is 1.53. The van der Waals surface area contributed by atoms with Crippen LogP contribution >= 0.6 is 0 Å². The first-order chi connectivity index (χ1) is 17.0. The van der Waals surface area contributed by atoms with Gasteiger partial charge in [0.15, 0.2) is 5.78 Å². The second kappa shape index (κ2) is 11.5. The van der Waals surface area contributed by atoms with Gasteiger partial charge in [0.2, 0.25) is 11.8 Å². The number of hydrogen-bond acceptors (Lipinski definition) is 4. The summed E-state index contributed by atoms with van der Waals surface area (Å²) in [6, 6.07) is 16.8. The van der Waals surface area contributed by atoms with Crippen molar-refractivity contribution in [3.8, 4) is 5.75 Å². The van der Waals surface area contributed by atoms with Gasteiger partial charge in [-0.05, 0) is 31.7 Å². The van der Waals surface area contributed by atoms with Gasteiger partial charge < -0.3 is 14.5 Å². The molecular formula is C29H36N2O4. The molecule has 0 saturated carbocycles. The van der Waals surface area contributed by atoms with Crippen LogP contribution in [0.1, 0.15) is 67.4 Å². The lowest BCUT2D eigenvalue weighted by Gasteiger charge is -2.43. The highest BCUT2D eigenvalue weighted by Gasteiger charge is 2.43. The van der Waals surface area contributed by atoms with Gasteiger partial charge in [0, 0.05) is 43.1 Å². The summed E-state index contributed by atoms with van der Waals surface area (Å²) in [7, 11) is 1.63. The zero-order valence-electron chi connectivity index (χ0n) is 20.8. The van der Waals surface area contributed by atoms with E-state index in [1.807, 2.05) is 64.4 Å². The SMILES string of the molecule is CCCCN1C(=O)CCC(C(=O)N2CCC(C(=O)c3ccccc3)CC2)C1c1ccccc1OC. The second-order valence-electron chi connectivity index (χ2n) is 9.60. The van der Waals surface area contributed by atoms with Crippen LogP contribution in [0.2, 0.25) is 0 Å². The van der Waals surface area contributed by atoms with E-state index in [9.17, 15) is 14.4 Å². The van der Waals surface area contributed by atoms with Crippen LogP contribution < -0.4 is 4.74 Å². The topological polar surface area (TPSA) is 66.9 Å². The maximum absolute atomic E-state index is 13.9. The van der Waals surface area contributed by atoms with Crippen molar-refractivity contribution in [3.63, 3.8) is 0 Å². The Bertz CT molecular complexity index is 1030. The summed E-state index contributed by atoms with van der Waals surface area (Å²) in [6.07, 6.45) is 4.13. The number of hydrogen-bond donors (Lipinski definition) is 0. The molecule has 2 aromatic carbocycles. The fraction of sp³-hybridized carbons (Fsp3) is 0.483. The third-order valence-corrected chi connectivity index (χ3v) is 7.47. The fourth-order valence-corrected chi connectivity index (χ4v) is 5.53. The third-order valence-electron chi connectivity index (χ3n) is 7.47. The number of carbonyl (C=O) groups excluding carboxylic acids is 3. The van der Waals surface area contributed by atoms with Gasteiger partial charge in [-0.1, -0.05) is 61.9 Å². The standard InChI is InChI=1S/C29H36N2O4/c1-3-4-18-31-26(32)15-14-24(27(31)23-12-8-9-13-25(23)35-2)29(34)30-19-16-22(17-20-30)28(33)21-10-6-5-7-11-21/h5-13,22,24,27H,3-4,14-20H2,1-2H3. The van der Waals surface area contributed by atoms with E-state index in [1.165, 1.54) is 0 Å². The van der Waals surface area contributed by atoms with Crippen LogP contribution in [-0.4, -0.2) is 54.1 Å². The number of likely N-dealkylation sites (tertiary alicyclic amines) is 2. The first-order valence-corrected chi connectivity index (χ1v) is 12.9. The monoisotopic (exact) mass is 476 g/mol. The van der Waals surface area contributed by atoms with E-state index in [0.717, 1.165) is 24.0 Å². The minimum Gasteiger partial charge on any atom is -0.496 e. The van der Waals surface area contributed by atoms with E-state index in [0.29, 0.717) is 51.1 Å². The number of para-hydroxylation sites is 1. The minimum atomic E-state index is -0.338. The van der Waals surface area contributed by atoms with Crippen LogP contribution in [0.15, 0.2) is 54.6 Å². The molecule has 4 rings (SSSR count). The minimum absolute atomic E-state index is 0.0551. The summed E-state index contributed by atoms with van der Waals surface area (Å²) in [5, 5.41) is 0. The van der Waals surface area contributed by atoms with Crippen LogP contribution in [0.25, 0.3) is 0 Å². The van der Waals surface area contributed by atoms with E-state index in [4.69, 9.17) is 4.74 Å². The predicted molar refractivity (Wildman–Crippen MR) is 135 cm³/mol. The van der Waals surface area contributed by atoms with Crippen LogP contribution in [-0.2, 0) is 9.59 Å². The molecule has 2 heterocycles. The van der Waals surface area contributed by atoms with E-state index in [-0.39, 0.29) is 35.5 Å². The number of amides is 2. The Labute approximate surface area is 208 Å². The van der Waals surface area contributed by atoms with Crippen LogP contribution in [0, 0.1) is 11.8 Å². The van der Waals surface area contributed by atoms with Crippen molar-refractivity contribution in [1.82, 2.24) is 9.80 Å². The highest BCUT2D eigenvalue weighted by atomic mass is 16.5. The fourth-order valence-electron chi connectivity index (χ4n) is 5.53. The lowest BCUT2D eigenvalue weighted by molar-refractivity contribution is -0.149.